The fourth-order valence-electron chi connectivity index (χ4n) is 8.71. The quantitative estimate of drug-likeness (QED) is 0.0184. The molecular weight excluding hydrogens is 913 g/mol. The van der Waals surface area contributed by atoms with E-state index < -0.39 is 35.8 Å². The normalized spacial score (nSPS) is 11.2. The van der Waals surface area contributed by atoms with Crippen molar-refractivity contribution in [2.24, 2.45) is 0 Å². The van der Waals surface area contributed by atoms with Gasteiger partial charge in [-0.15, -0.1) is 0 Å². The van der Waals surface area contributed by atoms with Crippen LogP contribution in [0, 0.1) is 0 Å². The molecule has 0 N–H and O–H groups in total. The Morgan fingerprint density at radius 1 is 0.236 bits per heavy atom. The first-order valence-electron chi connectivity index (χ1n) is 27.8. The van der Waals surface area contributed by atoms with Gasteiger partial charge in [0.1, 0.15) is 0 Å². The zero-order valence-electron chi connectivity index (χ0n) is 44.6. The van der Waals surface area contributed by atoms with Crippen LogP contribution in [0.2, 0.25) is 0 Å². The second-order valence-electron chi connectivity index (χ2n) is 19.2. The number of hydrogen-bond donors (Lipinski definition) is 0. The van der Waals surface area contributed by atoms with Crippen LogP contribution in [0.5, 0.6) is 34.5 Å². The van der Waals surface area contributed by atoms with Gasteiger partial charge < -0.3 is 28.4 Å². The van der Waals surface area contributed by atoms with Crippen molar-refractivity contribution in [3.63, 3.8) is 0 Å². The van der Waals surface area contributed by atoms with Gasteiger partial charge in [0.05, 0.1) is 0 Å². The number of fused-ring (bicyclic) bond motifs is 6. The monoisotopic (exact) mass is 997 g/mol. The molecule has 0 aliphatic rings. The predicted octanol–water partition coefficient (Wildman–Crippen LogP) is 16.4. The molecule has 72 heavy (non-hydrogen) atoms. The third-order valence-electron chi connectivity index (χ3n) is 12.9. The molecule has 0 fully saturated rings. The van der Waals surface area contributed by atoms with Crippen LogP contribution in [0.25, 0.3) is 32.3 Å². The molecular formula is C60H84O12. The van der Waals surface area contributed by atoms with Gasteiger partial charge in [0, 0.05) is 38.5 Å². The van der Waals surface area contributed by atoms with Crippen molar-refractivity contribution < 1.29 is 57.2 Å². The molecule has 0 saturated heterocycles. The fraction of sp³-hybridized carbons (Fsp3) is 0.600. The lowest BCUT2D eigenvalue weighted by Gasteiger charge is -2.19. The van der Waals surface area contributed by atoms with E-state index in [-0.39, 0.29) is 73.0 Å². The van der Waals surface area contributed by atoms with Crippen molar-refractivity contribution in [3.05, 3.63) is 36.4 Å². The van der Waals surface area contributed by atoms with Crippen LogP contribution in [-0.4, -0.2) is 35.8 Å². The predicted molar refractivity (Wildman–Crippen MR) is 285 cm³/mol. The van der Waals surface area contributed by atoms with Crippen LogP contribution in [0.4, 0.5) is 0 Å². The average molecular weight is 997 g/mol. The number of ether oxygens (including phenoxy) is 6. The van der Waals surface area contributed by atoms with E-state index in [2.05, 4.69) is 41.5 Å². The highest BCUT2D eigenvalue weighted by atomic mass is 16.6. The number of benzene rings is 4. The maximum atomic E-state index is 13.6. The smallest absolute Gasteiger partial charge is 0.311 e. The minimum Gasteiger partial charge on any atom is -0.422 e. The van der Waals surface area contributed by atoms with Gasteiger partial charge in [-0.25, -0.2) is 0 Å². The van der Waals surface area contributed by atoms with Crippen molar-refractivity contribution in [2.45, 2.75) is 234 Å². The summed E-state index contributed by atoms with van der Waals surface area (Å²) in [5.41, 5.74) is 0. The van der Waals surface area contributed by atoms with E-state index in [0.29, 0.717) is 70.8 Å². The summed E-state index contributed by atoms with van der Waals surface area (Å²) < 4.78 is 36.4. The van der Waals surface area contributed by atoms with E-state index in [4.69, 9.17) is 28.4 Å². The molecule has 12 nitrogen and oxygen atoms in total. The zero-order chi connectivity index (χ0) is 52.1. The molecule has 0 radical (unpaired) electrons. The third-order valence-corrected chi connectivity index (χ3v) is 12.9. The van der Waals surface area contributed by atoms with E-state index in [1.165, 1.54) is 0 Å². The van der Waals surface area contributed by atoms with Gasteiger partial charge >= 0.3 is 35.8 Å². The Kier molecular flexibility index (Phi) is 27.3. The molecule has 4 rings (SSSR count). The van der Waals surface area contributed by atoms with Crippen LogP contribution < -0.4 is 28.4 Å². The fourth-order valence-corrected chi connectivity index (χ4v) is 8.71. The number of rotatable bonds is 36. The molecule has 0 aliphatic carbocycles. The molecule has 0 unspecified atom stereocenters. The van der Waals surface area contributed by atoms with Gasteiger partial charge in [-0.05, 0) is 107 Å². The van der Waals surface area contributed by atoms with Gasteiger partial charge in [-0.3, -0.25) is 28.8 Å². The topological polar surface area (TPSA) is 158 Å². The molecule has 0 bridgehead atoms. The number of carbonyl (C=O) groups is 6. The zero-order valence-corrected chi connectivity index (χ0v) is 44.6. The van der Waals surface area contributed by atoms with Crippen molar-refractivity contribution in [3.8, 4) is 34.5 Å². The molecule has 12 heteroatoms. The Balaban J connectivity index is 2.08. The van der Waals surface area contributed by atoms with Crippen molar-refractivity contribution in [2.75, 3.05) is 0 Å². The summed E-state index contributed by atoms with van der Waals surface area (Å²) in [6, 6.07) is 9.83. The Morgan fingerprint density at radius 2 is 0.375 bits per heavy atom. The molecule has 396 valence electrons. The summed E-state index contributed by atoms with van der Waals surface area (Å²) in [4.78, 5) is 81.3. The molecule has 0 aromatic heterocycles. The van der Waals surface area contributed by atoms with Crippen molar-refractivity contribution in [1.29, 1.82) is 0 Å². The number of esters is 6. The van der Waals surface area contributed by atoms with Crippen LogP contribution in [0.3, 0.4) is 0 Å². The summed E-state index contributed by atoms with van der Waals surface area (Å²) in [6.45, 7) is 12.6. The van der Waals surface area contributed by atoms with E-state index in [0.717, 1.165) is 116 Å². The third kappa shape index (κ3) is 19.8. The van der Waals surface area contributed by atoms with Crippen molar-refractivity contribution >= 4 is 68.1 Å². The Bertz CT molecular complexity index is 1930. The first-order valence-corrected chi connectivity index (χ1v) is 27.8. The van der Waals surface area contributed by atoms with Gasteiger partial charge in [-0.2, -0.15) is 0 Å². The van der Waals surface area contributed by atoms with Gasteiger partial charge in [0.15, 0.2) is 34.5 Å². The Labute approximate surface area is 428 Å². The van der Waals surface area contributed by atoms with Gasteiger partial charge in [0.2, 0.25) is 0 Å². The molecule has 0 saturated carbocycles. The first kappa shape index (κ1) is 59.0. The van der Waals surface area contributed by atoms with Crippen LogP contribution >= 0.6 is 0 Å². The summed E-state index contributed by atoms with van der Waals surface area (Å²) >= 11 is 0. The number of carbonyl (C=O) groups excluding carboxylic acids is 6. The lowest BCUT2D eigenvalue weighted by Crippen LogP contribution is -2.13. The van der Waals surface area contributed by atoms with E-state index in [9.17, 15) is 28.8 Å². The van der Waals surface area contributed by atoms with Crippen LogP contribution in [0.1, 0.15) is 234 Å². The molecule has 0 amide bonds. The molecule has 4 aromatic carbocycles. The molecule has 0 atom stereocenters. The number of hydrogen-bond acceptors (Lipinski definition) is 12. The molecule has 0 spiro atoms. The largest absolute Gasteiger partial charge is 0.422 e. The first-order chi connectivity index (χ1) is 35.0. The molecule has 0 heterocycles. The minimum atomic E-state index is -0.490. The molecule has 0 aliphatic heterocycles. The highest BCUT2D eigenvalue weighted by Gasteiger charge is 2.25. The summed E-state index contributed by atoms with van der Waals surface area (Å²) in [5, 5.41) is 3.02. The highest BCUT2D eigenvalue weighted by Crippen LogP contribution is 2.47. The number of unbranched alkanes of at least 4 members (excludes halogenated alkanes) is 18. The minimum absolute atomic E-state index is 0.0231. The standard InChI is InChI=1S/C60H84O12/c1-7-13-19-25-31-55(61)67-49-37-43-44(38-50(49)68-56(62)32-26-20-14-8-2)46-40-52(70-58(64)34-28-22-16-10-4)54(72-60(66)36-30-24-18-12-6)42-48(46)47-41-53(71-59(65)35-29-23-17-11-5)51(39-45(43)47)69-57(63)33-27-21-15-9-3/h37-42H,7-36H2,1-6H3. The van der Waals surface area contributed by atoms with Gasteiger partial charge in [-0.1, -0.05) is 157 Å². The second-order valence-corrected chi connectivity index (χ2v) is 19.2. The summed E-state index contributed by atoms with van der Waals surface area (Å²) in [6.07, 6.45) is 21.6. The van der Waals surface area contributed by atoms with Crippen LogP contribution in [0.15, 0.2) is 36.4 Å². The van der Waals surface area contributed by atoms with E-state index in [1.54, 1.807) is 36.4 Å². The van der Waals surface area contributed by atoms with E-state index >= 15 is 0 Å². The highest BCUT2D eigenvalue weighted by molar-refractivity contribution is 6.27. The summed E-state index contributed by atoms with van der Waals surface area (Å²) in [7, 11) is 0. The average Bonchev–Trinajstić information content (AvgIpc) is 3.35. The Morgan fingerprint density at radius 3 is 0.500 bits per heavy atom. The molecule has 4 aromatic rings. The SMILES string of the molecule is CCCCCCC(=O)Oc1cc2c3cc(OC(=O)CCCCCC)c(OC(=O)CCCCCC)cc3c3cc(OC(=O)CCCCCC)c(OC(=O)CCCCCC)cc3c2cc1OC(=O)CCCCCC. The van der Waals surface area contributed by atoms with E-state index in [1.807, 2.05) is 0 Å². The van der Waals surface area contributed by atoms with Gasteiger partial charge in [0.25, 0.3) is 0 Å². The lowest BCUT2D eigenvalue weighted by molar-refractivity contribution is -0.137. The maximum absolute atomic E-state index is 13.6. The maximum Gasteiger partial charge on any atom is 0.311 e. The Hall–Kier alpha value is -5.52. The van der Waals surface area contributed by atoms with Crippen LogP contribution in [-0.2, 0) is 28.8 Å². The lowest BCUT2D eigenvalue weighted by atomic mass is 9.93. The second kappa shape index (κ2) is 33.3. The summed E-state index contributed by atoms with van der Waals surface area (Å²) in [5.74, 6) is -2.80. The van der Waals surface area contributed by atoms with Crippen molar-refractivity contribution in [1.82, 2.24) is 0 Å².